The number of nitrogens with zero attached hydrogens (tertiary/aromatic N) is 4. The second-order valence-corrected chi connectivity index (χ2v) is 7.72. The summed E-state index contributed by atoms with van der Waals surface area (Å²) < 4.78 is 3.58. The number of benzene rings is 2. The first-order chi connectivity index (χ1) is 14.7. The van der Waals surface area contributed by atoms with E-state index in [1.54, 1.807) is 15.3 Å². The molecule has 0 spiro atoms. The summed E-state index contributed by atoms with van der Waals surface area (Å²) in [5.41, 5.74) is 7.00. The van der Waals surface area contributed by atoms with Gasteiger partial charge in [0.15, 0.2) is 0 Å². The van der Waals surface area contributed by atoms with Gasteiger partial charge in [0.2, 0.25) is 0 Å². The molecule has 146 valence electrons. The minimum Gasteiger partial charge on any atom is -0.384 e. The predicted octanol–water partition coefficient (Wildman–Crippen LogP) is 3.91. The molecule has 5 aromatic rings. The van der Waals surface area contributed by atoms with Crippen molar-refractivity contribution in [1.29, 1.82) is 0 Å². The minimum absolute atomic E-state index is 0.0558. The number of fused-ring (bicyclic) bond motifs is 4. The van der Waals surface area contributed by atoms with E-state index in [1.165, 1.54) is 5.56 Å². The van der Waals surface area contributed by atoms with Gasteiger partial charge in [-0.3, -0.25) is 19.0 Å². The fourth-order valence-electron chi connectivity index (χ4n) is 4.34. The number of rotatable bonds is 2. The molecule has 3 aromatic heterocycles. The van der Waals surface area contributed by atoms with Crippen molar-refractivity contribution in [3.05, 3.63) is 83.0 Å². The van der Waals surface area contributed by atoms with Gasteiger partial charge in [0.1, 0.15) is 0 Å². The van der Waals surface area contributed by atoms with Crippen molar-refractivity contribution in [3.63, 3.8) is 0 Å². The van der Waals surface area contributed by atoms with Crippen LogP contribution in [0.4, 0.5) is 5.69 Å². The summed E-state index contributed by atoms with van der Waals surface area (Å²) in [6.45, 7) is 0.935. The van der Waals surface area contributed by atoms with Crippen LogP contribution in [0.3, 0.4) is 0 Å². The van der Waals surface area contributed by atoms with E-state index >= 15 is 0 Å². The molecule has 0 radical (unpaired) electrons. The SMILES string of the molecule is Cn1cc(-c2ccc3ncc4ccc(=O)n(-c5ccc6c(c5)NCC6)c4c3c2)cn1. The monoisotopic (exact) mass is 393 g/mol. The number of aryl methyl sites for hydroxylation is 1. The first kappa shape index (κ1) is 17.0. The lowest BCUT2D eigenvalue weighted by Crippen LogP contribution is -2.17. The number of pyridine rings is 2. The van der Waals surface area contributed by atoms with Gasteiger partial charge in [-0.1, -0.05) is 12.1 Å². The number of aromatic nitrogens is 4. The molecule has 1 aliphatic heterocycles. The smallest absolute Gasteiger partial charge is 0.255 e. The van der Waals surface area contributed by atoms with E-state index in [4.69, 9.17) is 0 Å². The molecule has 1 N–H and O–H groups in total. The quantitative estimate of drug-likeness (QED) is 0.462. The summed E-state index contributed by atoms with van der Waals surface area (Å²) >= 11 is 0. The molecule has 0 bridgehead atoms. The van der Waals surface area contributed by atoms with Gasteiger partial charge in [0, 0.05) is 54.1 Å². The van der Waals surface area contributed by atoms with Crippen molar-refractivity contribution in [2.24, 2.45) is 7.05 Å². The maximum absolute atomic E-state index is 13.0. The van der Waals surface area contributed by atoms with Gasteiger partial charge in [-0.25, -0.2) is 0 Å². The highest BCUT2D eigenvalue weighted by Gasteiger charge is 2.15. The van der Waals surface area contributed by atoms with Crippen LogP contribution in [-0.4, -0.2) is 25.9 Å². The van der Waals surface area contributed by atoms with E-state index in [1.807, 2.05) is 49.9 Å². The number of hydrogen-bond acceptors (Lipinski definition) is 4. The van der Waals surface area contributed by atoms with Gasteiger partial charge >= 0.3 is 0 Å². The van der Waals surface area contributed by atoms with E-state index in [0.29, 0.717) is 0 Å². The number of hydrogen-bond donors (Lipinski definition) is 1. The third-order valence-corrected chi connectivity index (χ3v) is 5.82. The molecule has 6 rings (SSSR count). The van der Waals surface area contributed by atoms with Gasteiger partial charge in [0.05, 0.1) is 22.9 Å². The molecular weight excluding hydrogens is 374 g/mol. The Morgan fingerprint density at radius 2 is 1.93 bits per heavy atom. The lowest BCUT2D eigenvalue weighted by molar-refractivity contribution is 0.768. The fourth-order valence-corrected chi connectivity index (χ4v) is 4.34. The van der Waals surface area contributed by atoms with E-state index < -0.39 is 0 Å². The number of nitrogens with one attached hydrogen (secondary N) is 1. The average molecular weight is 393 g/mol. The standard InChI is InChI=1S/C24H19N5O/c1-28-14-18(13-27-28)16-3-6-21-20(10-16)24-17(12-26-21)4-7-23(30)29(24)19-5-2-15-8-9-25-22(15)11-19/h2-7,10-14,25H,8-9H2,1H3. The largest absolute Gasteiger partial charge is 0.384 e. The molecule has 0 saturated carbocycles. The van der Waals surface area contributed by atoms with Gasteiger partial charge in [-0.2, -0.15) is 5.10 Å². The summed E-state index contributed by atoms with van der Waals surface area (Å²) in [5, 5.41) is 9.57. The Hall–Kier alpha value is -3.93. The van der Waals surface area contributed by atoms with Crippen LogP contribution in [0.1, 0.15) is 5.56 Å². The molecule has 0 amide bonds. The second kappa shape index (κ2) is 6.29. The molecule has 0 saturated heterocycles. The van der Waals surface area contributed by atoms with E-state index in [9.17, 15) is 4.79 Å². The fraction of sp³-hybridized carbons (Fsp3) is 0.125. The average Bonchev–Trinajstić information content (AvgIpc) is 3.41. The van der Waals surface area contributed by atoms with Crippen LogP contribution < -0.4 is 10.9 Å². The molecule has 1 aliphatic rings. The zero-order valence-electron chi connectivity index (χ0n) is 16.5. The predicted molar refractivity (Wildman–Crippen MR) is 119 cm³/mol. The maximum Gasteiger partial charge on any atom is 0.255 e. The first-order valence-corrected chi connectivity index (χ1v) is 9.98. The molecule has 30 heavy (non-hydrogen) atoms. The van der Waals surface area contributed by atoms with Crippen LogP contribution in [0, 0.1) is 0 Å². The summed E-state index contributed by atoms with van der Waals surface area (Å²) in [7, 11) is 1.90. The van der Waals surface area contributed by atoms with Crippen molar-refractivity contribution in [2.75, 3.05) is 11.9 Å². The summed E-state index contributed by atoms with van der Waals surface area (Å²) in [6.07, 6.45) is 6.68. The zero-order valence-corrected chi connectivity index (χ0v) is 16.5. The molecule has 0 fully saturated rings. The maximum atomic E-state index is 13.0. The minimum atomic E-state index is -0.0558. The zero-order chi connectivity index (χ0) is 20.2. The van der Waals surface area contributed by atoms with Crippen LogP contribution in [0.15, 0.2) is 71.9 Å². The Balaban J connectivity index is 1.68. The van der Waals surface area contributed by atoms with E-state index in [-0.39, 0.29) is 5.56 Å². The summed E-state index contributed by atoms with van der Waals surface area (Å²) in [6, 6.07) is 15.8. The van der Waals surface area contributed by atoms with Crippen LogP contribution in [0.25, 0.3) is 38.6 Å². The Bertz CT molecular complexity index is 1510. The highest BCUT2D eigenvalue weighted by atomic mass is 16.1. The Morgan fingerprint density at radius 1 is 1.00 bits per heavy atom. The van der Waals surface area contributed by atoms with E-state index in [0.717, 1.165) is 57.3 Å². The van der Waals surface area contributed by atoms with Crippen LogP contribution in [0.2, 0.25) is 0 Å². The van der Waals surface area contributed by atoms with Gasteiger partial charge in [0.25, 0.3) is 5.56 Å². The molecule has 2 aromatic carbocycles. The topological polar surface area (TPSA) is 64.7 Å². The van der Waals surface area contributed by atoms with Crippen LogP contribution >= 0.6 is 0 Å². The van der Waals surface area contributed by atoms with Crippen molar-refractivity contribution in [2.45, 2.75) is 6.42 Å². The molecule has 0 atom stereocenters. The number of anilines is 1. The van der Waals surface area contributed by atoms with Crippen molar-refractivity contribution >= 4 is 27.5 Å². The third-order valence-electron chi connectivity index (χ3n) is 5.82. The van der Waals surface area contributed by atoms with E-state index in [2.05, 4.69) is 33.6 Å². The highest BCUT2D eigenvalue weighted by Crippen LogP contribution is 2.31. The normalized spacial score (nSPS) is 13.0. The summed E-state index contributed by atoms with van der Waals surface area (Å²) in [5.74, 6) is 0. The molecular formula is C24H19N5O. The molecule has 0 aliphatic carbocycles. The Labute approximate surface area is 172 Å². The highest BCUT2D eigenvalue weighted by molar-refractivity contribution is 6.05. The van der Waals surface area contributed by atoms with Crippen molar-refractivity contribution in [1.82, 2.24) is 19.3 Å². The molecule has 4 heterocycles. The molecule has 0 unspecified atom stereocenters. The van der Waals surface area contributed by atoms with Crippen LogP contribution in [-0.2, 0) is 13.5 Å². The molecule has 6 heteroatoms. The lowest BCUT2D eigenvalue weighted by Gasteiger charge is -2.14. The van der Waals surface area contributed by atoms with Crippen molar-refractivity contribution < 1.29 is 0 Å². The Morgan fingerprint density at radius 3 is 2.80 bits per heavy atom. The van der Waals surface area contributed by atoms with Crippen LogP contribution in [0.5, 0.6) is 0 Å². The van der Waals surface area contributed by atoms with Crippen molar-refractivity contribution in [3.8, 4) is 16.8 Å². The second-order valence-electron chi connectivity index (χ2n) is 7.72. The van der Waals surface area contributed by atoms with Gasteiger partial charge < -0.3 is 5.32 Å². The van der Waals surface area contributed by atoms with Gasteiger partial charge in [-0.15, -0.1) is 0 Å². The lowest BCUT2D eigenvalue weighted by atomic mass is 10.0. The molecule has 6 nitrogen and oxygen atoms in total. The first-order valence-electron chi connectivity index (χ1n) is 9.98. The van der Waals surface area contributed by atoms with Gasteiger partial charge in [-0.05, 0) is 47.9 Å². The Kier molecular flexibility index (Phi) is 3.56. The summed E-state index contributed by atoms with van der Waals surface area (Å²) in [4.78, 5) is 17.7. The third kappa shape index (κ3) is 2.54.